The van der Waals surface area contributed by atoms with Gasteiger partial charge in [-0.25, -0.2) is 4.79 Å². The van der Waals surface area contributed by atoms with Gasteiger partial charge >= 0.3 is 5.97 Å². The zero-order chi connectivity index (χ0) is 21.3. The fourth-order valence-corrected chi connectivity index (χ4v) is 4.84. The molecule has 4 rings (SSSR count). The number of primary amides is 1. The lowest BCUT2D eigenvalue weighted by molar-refractivity contribution is -0.123. The third-order valence-corrected chi connectivity index (χ3v) is 6.20. The van der Waals surface area contributed by atoms with E-state index in [-0.39, 0.29) is 5.76 Å². The van der Waals surface area contributed by atoms with Crippen molar-refractivity contribution < 1.29 is 23.5 Å². The van der Waals surface area contributed by atoms with Crippen LogP contribution in [0.15, 0.2) is 47.1 Å². The van der Waals surface area contributed by atoms with Crippen molar-refractivity contribution in [3.05, 3.63) is 64.4 Å². The number of ether oxygens (including phenoxy) is 1. The molecule has 8 heteroatoms. The van der Waals surface area contributed by atoms with E-state index < -0.39 is 23.9 Å². The molecule has 1 atom stereocenters. The Kier molecular flexibility index (Phi) is 5.41. The molecule has 0 radical (unpaired) electrons. The third-order valence-electron chi connectivity index (χ3n) is 4.99. The second-order valence-electron chi connectivity index (χ2n) is 6.99. The molecular formula is C22H20N2O5S. The molecule has 0 fully saturated rings. The molecule has 7 nitrogen and oxygen atoms in total. The van der Waals surface area contributed by atoms with Crippen LogP contribution >= 0.6 is 11.3 Å². The molecule has 1 aromatic carbocycles. The summed E-state index contributed by atoms with van der Waals surface area (Å²) < 4.78 is 10.6. The summed E-state index contributed by atoms with van der Waals surface area (Å²) in [6.07, 6.45) is 2.91. The summed E-state index contributed by atoms with van der Waals surface area (Å²) in [7, 11) is 0. The number of furan rings is 1. The lowest BCUT2D eigenvalue weighted by atomic mass is 10.1. The number of thiophene rings is 1. The van der Waals surface area contributed by atoms with Crippen molar-refractivity contribution in [3.8, 4) is 11.1 Å². The number of esters is 1. The molecule has 154 valence electrons. The molecule has 1 aliphatic carbocycles. The maximum absolute atomic E-state index is 12.6. The Morgan fingerprint density at radius 1 is 1.17 bits per heavy atom. The second kappa shape index (κ2) is 8.16. The Bertz CT molecular complexity index is 1120. The monoisotopic (exact) mass is 424 g/mol. The number of fused-ring (bicyclic) bond motifs is 1. The molecule has 30 heavy (non-hydrogen) atoms. The van der Waals surface area contributed by atoms with Gasteiger partial charge in [-0.1, -0.05) is 30.3 Å². The molecule has 1 unspecified atom stereocenters. The van der Waals surface area contributed by atoms with Gasteiger partial charge in [0.05, 0.1) is 11.8 Å². The van der Waals surface area contributed by atoms with Crippen molar-refractivity contribution in [2.45, 2.75) is 32.3 Å². The van der Waals surface area contributed by atoms with Crippen molar-refractivity contribution in [2.24, 2.45) is 5.73 Å². The largest absolute Gasteiger partial charge is 0.457 e. The van der Waals surface area contributed by atoms with Crippen molar-refractivity contribution in [1.82, 2.24) is 0 Å². The molecule has 2 aromatic heterocycles. The number of hydrogen-bond acceptors (Lipinski definition) is 6. The SMILES string of the molecule is CC(OC(=O)c1occc1-c1ccccc1)C(=O)Nc1sc2c(c1C(N)=O)CCC2. The molecule has 2 heterocycles. The van der Waals surface area contributed by atoms with Gasteiger partial charge in [0.15, 0.2) is 6.10 Å². The van der Waals surface area contributed by atoms with Gasteiger partial charge in [-0.2, -0.15) is 0 Å². The highest BCUT2D eigenvalue weighted by Crippen LogP contribution is 2.39. The van der Waals surface area contributed by atoms with Crippen LogP contribution in [0.4, 0.5) is 5.00 Å². The van der Waals surface area contributed by atoms with E-state index in [1.54, 1.807) is 6.07 Å². The van der Waals surface area contributed by atoms with Crippen LogP contribution in [0.25, 0.3) is 11.1 Å². The first-order valence-electron chi connectivity index (χ1n) is 9.54. The third kappa shape index (κ3) is 3.73. The molecule has 0 aliphatic heterocycles. The van der Waals surface area contributed by atoms with Crippen LogP contribution in [-0.4, -0.2) is 23.9 Å². The highest BCUT2D eigenvalue weighted by molar-refractivity contribution is 7.17. The maximum Gasteiger partial charge on any atom is 0.375 e. The minimum atomic E-state index is -1.09. The number of hydrogen-bond donors (Lipinski definition) is 2. The van der Waals surface area contributed by atoms with Crippen LogP contribution in [0.5, 0.6) is 0 Å². The van der Waals surface area contributed by atoms with E-state index in [0.717, 1.165) is 35.3 Å². The number of nitrogens with one attached hydrogen (secondary N) is 1. The number of carbonyl (C=O) groups excluding carboxylic acids is 3. The first-order valence-corrected chi connectivity index (χ1v) is 10.4. The summed E-state index contributed by atoms with van der Waals surface area (Å²) in [4.78, 5) is 38.1. The quantitative estimate of drug-likeness (QED) is 0.585. The summed E-state index contributed by atoms with van der Waals surface area (Å²) in [5, 5.41) is 3.09. The number of amides is 2. The summed E-state index contributed by atoms with van der Waals surface area (Å²) in [5.74, 6) is -1.84. The van der Waals surface area contributed by atoms with E-state index in [0.29, 0.717) is 16.1 Å². The van der Waals surface area contributed by atoms with Crippen molar-refractivity contribution in [1.29, 1.82) is 0 Å². The topological polar surface area (TPSA) is 112 Å². The fourth-order valence-electron chi connectivity index (χ4n) is 3.55. The summed E-state index contributed by atoms with van der Waals surface area (Å²) >= 11 is 1.35. The highest BCUT2D eigenvalue weighted by Gasteiger charge is 2.29. The Morgan fingerprint density at radius 3 is 2.67 bits per heavy atom. The lowest BCUT2D eigenvalue weighted by Crippen LogP contribution is -2.30. The Morgan fingerprint density at radius 2 is 1.93 bits per heavy atom. The summed E-state index contributed by atoms with van der Waals surface area (Å²) in [6, 6.07) is 10.9. The minimum Gasteiger partial charge on any atom is -0.457 e. The Labute approximate surface area is 176 Å². The Balaban J connectivity index is 1.47. The predicted octanol–water partition coefficient (Wildman–Crippen LogP) is 3.78. The molecular weight excluding hydrogens is 404 g/mol. The van der Waals surface area contributed by atoms with Crippen LogP contribution < -0.4 is 11.1 Å². The van der Waals surface area contributed by atoms with Gasteiger partial charge in [0, 0.05) is 10.4 Å². The van der Waals surface area contributed by atoms with E-state index in [4.69, 9.17) is 14.9 Å². The minimum absolute atomic E-state index is 0.0220. The van der Waals surface area contributed by atoms with Crippen LogP contribution in [0.2, 0.25) is 0 Å². The van der Waals surface area contributed by atoms with Gasteiger partial charge in [-0.15, -0.1) is 11.3 Å². The van der Waals surface area contributed by atoms with Gasteiger partial charge in [0.25, 0.3) is 11.8 Å². The normalized spacial score (nSPS) is 13.5. The van der Waals surface area contributed by atoms with E-state index in [2.05, 4.69) is 5.32 Å². The summed E-state index contributed by atoms with van der Waals surface area (Å²) in [5.41, 5.74) is 8.17. The fraction of sp³-hybridized carbons (Fsp3) is 0.227. The van der Waals surface area contributed by atoms with Gasteiger partial charge in [0.1, 0.15) is 5.00 Å². The zero-order valence-corrected chi connectivity index (χ0v) is 17.1. The highest BCUT2D eigenvalue weighted by atomic mass is 32.1. The standard InChI is InChI=1S/C22H20N2O5S/c1-12(20(26)24-21-17(19(23)25)15-8-5-9-16(15)30-21)29-22(27)18-14(10-11-28-18)13-6-3-2-4-7-13/h2-4,6-7,10-12H,5,8-9H2,1H3,(H2,23,25)(H,24,26). The van der Waals surface area contributed by atoms with Crippen molar-refractivity contribution in [3.63, 3.8) is 0 Å². The van der Waals surface area contributed by atoms with Crippen molar-refractivity contribution in [2.75, 3.05) is 5.32 Å². The molecule has 0 saturated carbocycles. The van der Waals surface area contributed by atoms with E-state index in [1.807, 2.05) is 30.3 Å². The zero-order valence-electron chi connectivity index (χ0n) is 16.3. The maximum atomic E-state index is 12.6. The smallest absolute Gasteiger partial charge is 0.375 e. The molecule has 2 amide bonds. The van der Waals surface area contributed by atoms with Gasteiger partial charge < -0.3 is 20.2 Å². The van der Waals surface area contributed by atoms with Crippen LogP contribution in [-0.2, 0) is 22.4 Å². The summed E-state index contributed by atoms with van der Waals surface area (Å²) in [6.45, 7) is 1.46. The second-order valence-corrected chi connectivity index (χ2v) is 8.10. The first kappa shape index (κ1) is 19.9. The van der Waals surface area contributed by atoms with E-state index in [9.17, 15) is 14.4 Å². The molecule has 1 aliphatic rings. The average Bonchev–Trinajstić information content (AvgIpc) is 3.44. The first-order chi connectivity index (χ1) is 14.5. The molecule has 3 N–H and O–H groups in total. The van der Waals surface area contributed by atoms with Gasteiger partial charge in [-0.05, 0) is 43.4 Å². The van der Waals surface area contributed by atoms with E-state index in [1.165, 1.54) is 24.5 Å². The number of rotatable bonds is 6. The van der Waals surface area contributed by atoms with Gasteiger partial charge in [-0.3, -0.25) is 9.59 Å². The van der Waals surface area contributed by atoms with Gasteiger partial charge in [0.2, 0.25) is 5.76 Å². The number of nitrogens with two attached hydrogens (primary N) is 1. The van der Waals surface area contributed by atoms with E-state index >= 15 is 0 Å². The predicted molar refractivity (Wildman–Crippen MR) is 113 cm³/mol. The number of anilines is 1. The van der Waals surface area contributed by atoms with Crippen LogP contribution in [0, 0.1) is 0 Å². The number of benzene rings is 1. The molecule has 0 saturated heterocycles. The molecule has 0 spiro atoms. The number of carbonyl (C=O) groups is 3. The van der Waals surface area contributed by atoms with Crippen LogP contribution in [0.1, 0.15) is 44.7 Å². The lowest BCUT2D eigenvalue weighted by Gasteiger charge is -2.13. The van der Waals surface area contributed by atoms with Crippen molar-refractivity contribution >= 4 is 34.1 Å². The number of aryl methyl sites for hydroxylation is 1. The Hall–Kier alpha value is -3.39. The molecule has 3 aromatic rings. The average molecular weight is 424 g/mol. The van der Waals surface area contributed by atoms with Crippen LogP contribution in [0.3, 0.4) is 0 Å². The molecule has 0 bridgehead atoms.